The van der Waals surface area contributed by atoms with Crippen LogP contribution in [0.25, 0.3) is 10.9 Å². The van der Waals surface area contributed by atoms with Crippen LogP contribution in [-0.2, 0) is 11.2 Å². The minimum absolute atomic E-state index is 0.122. The van der Waals surface area contributed by atoms with Crippen molar-refractivity contribution in [3.63, 3.8) is 0 Å². The highest BCUT2D eigenvalue weighted by atomic mass is 16.5. The maximum atomic E-state index is 11.0. The van der Waals surface area contributed by atoms with Crippen molar-refractivity contribution in [3.05, 3.63) is 65.9 Å². The maximum absolute atomic E-state index is 11.0. The Morgan fingerprint density at radius 2 is 1.85 bits per heavy atom. The predicted molar refractivity (Wildman–Crippen MR) is 102 cm³/mol. The van der Waals surface area contributed by atoms with Gasteiger partial charge in [-0.05, 0) is 66.3 Å². The van der Waals surface area contributed by atoms with Gasteiger partial charge in [0.25, 0.3) is 0 Å². The number of rotatable bonds is 7. The molecule has 0 bridgehead atoms. The number of ether oxygens (including phenoxy) is 2. The summed E-state index contributed by atoms with van der Waals surface area (Å²) in [7, 11) is 0. The number of carboxylic acid groups (broad SMARTS) is 1. The van der Waals surface area contributed by atoms with Crippen LogP contribution in [0.2, 0.25) is 0 Å². The molecule has 5 heteroatoms. The zero-order chi connectivity index (χ0) is 18.6. The number of nitrogens with zero attached hydrogens (tertiary/aromatic N) is 1. The normalized spacial score (nSPS) is 15.5. The zero-order valence-corrected chi connectivity index (χ0v) is 14.9. The summed E-state index contributed by atoms with van der Waals surface area (Å²) < 4.78 is 11.6. The van der Waals surface area contributed by atoms with E-state index in [1.165, 1.54) is 5.56 Å². The molecule has 1 heterocycles. The van der Waals surface area contributed by atoms with E-state index in [0.717, 1.165) is 40.8 Å². The maximum Gasteiger partial charge on any atom is 0.303 e. The molecule has 0 saturated carbocycles. The Bertz CT molecular complexity index is 969. The predicted octanol–water partition coefficient (Wildman–Crippen LogP) is 4.20. The van der Waals surface area contributed by atoms with Crippen molar-refractivity contribution in [3.8, 4) is 11.5 Å². The van der Waals surface area contributed by atoms with E-state index in [-0.39, 0.29) is 12.3 Å². The van der Waals surface area contributed by atoms with Crippen LogP contribution in [0.4, 0.5) is 0 Å². The van der Waals surface area contributed by atoms with Gasteiger partial charge >= 0.3 is 5.97 Å². The summed E-state index contributed by atoms with van der Waals surface area (Å²) in [6.07, 6.45) is 3.77. The second-order valence-electron chi connectivity index (χ2n) is 6.75. The quantitative estimate of drug-likeness (QED) is 0.637. The third kappa shape index (κ3) is 4.03. The first-order chi connectivity index (χ1) is 13.2. The lowest BCUT2D eigenvalue weighted by atomic mass is 9.98. The monoisotopic (exact) mass is 363 g/mol. The molecule has 138 valence electrons. The highest BCUT2D eigenvalue weighted by molar-refractivity contribution is 5.79. The number of aryl methyl sites for hydroxylation is 1. The molecule has 0 amide bonds. The Hall–Kier alpha value is -3.08. The molecule has 2 aromatic carbocycles. The third-order valence-corrected chi connectivity index (χ3v) is 4.93. The van der Waals surface area contributed by atoms with Crippen LogP contribution < -0.4 is 9.47 Å². The van der Waals surface area contributed by atoms with E-state index in [2.05, 4.69) is 4.98 Å². The summed E-state index contributed by atoms with van der Waals surface area (Å²) in [5.74, 6) is 0.979. The van der Waals surface area contributed by atoms with E-state index in [4.69, 9.17) is 14.6 Å². The van der Waals surface area contributed by atoms with Gasteiger partial charge in [0.15, 0.2) is 0 Å². The lowest BCUT2D eigenvalue weighted by Crippen LogP contribution is -2.09. The molecule has 1 aromatic heterocycles. The van der Waals surface area contributed by atoms with Crippen LogP contribution in [0, 0.1) is 0 Å². The number of aromatic nitrogens is 1. The summed E-state index contributed by atoms with van der Waals surface area (Å²) in [5, 5.41) is 10.1. The lowest BCUT2D eigenvalue weighted by molar-refractivity contribution is -0.137. The highest BCUT2D eigenvalue weighted by Gasteiger charge is 2.24. The number of aliphatic carboxylic acids is 1. The van der Waals surface area contributed by atoms with E-state index in [1.807, 2.05) is 48.5 Å². The second-order valence-corrected chi connectivity index (χ2v) is 6.75. The molecule has 0 spiro atoms. The van der Waals surface area contributed by atoms with Gasteiger partial charge in [-0.2, -0.15) is 0 Å². The van der Waals surface area contributed by atoms with Crippen molar-refractivity contribution in [2.24, 2.45) is 0 Å². The van der Waals surface area contributed by atoms with Crippen LogP contribution in [-0.4, -0.2) is 29.3 Å². The second kappa shape index (κ2) is 7.66. The van der Waals surface area contributed by atoms with Gasteiger partial charge in [0.05, 0.1) is 11.9 Å². The smallest absolute Gasteiger partial charge is 0.303 e. The topological polar surface area (TPSA) is 68.7 Å². The van der Waals surface area contributed by atoms with Crippen LogP contribution in [0.5, 0.6) is 11.5 Å². The minimum Gasteiger partial charge on any atom is -0.490 e. The van der Waals surface area contributed by atoms with Gasteiger partial charge in [-0.1, -0.05) is 12.1 Å². The van der Waals surface area contributed by atoms with Crippen LogP contribution in [0.1, 0.15) is 29.9 Å². The summed E-state index contributed by atoms with van der Waals surface area (Å²) in [5.41, 5.74) is 3.29. The Morgan fingerprint density at radius 1 is 1.07 bits per heavy atom. The number of benzene rings is 2. The molecule has 0 saturated heterocycles. The van der Waals surface area contributed by atoms with Gasteiger partial charge < -0.3 is 14.6 Å². The van der Waals surface area contributed by atoms with Crippen molar-refractivity contribution in [2.75, 3.05) is 13.2 Å². The Balaban J connectivity index is 1.31. The molecule has 1 N–H and O–H groups in total. The van der Waals surface area contributed by atoms with Crippen molar-refractivity contribution >= 4 is 16.9 Å². The average Bonchev–Trinajstić information content (AvgIpc) is 3.06. The highest BCUT2D eigenvalue weighted by Crippen LogP contribution is 2.37. The molecule has 0 fully saturated rings. The zero-order valence-electron chi connectivity index (χ0n) is 14.9. The summed E-state index contributed by atoms with van der Waals surface area (Å²) in [6, 6.07) is 15.7. The number of hydrogen-bond donors (Lipinski definition) is 1. The summed E-state index contributed by atoms with van der Waals surface area (Å²) in [6.45, 7) is 0.896. The number of pyridine rings is 1. The first-order valence-electron chi connectivity index (χ1n) is 9.14. The average molecular weight is 363 g/mol. The van der Waals surface area contributed by atoms with Gasteiger partial charge in [-0.3, -0.25) is 9.78 Å². The van der Waals surface area contributed by atoms with Gasteiger partial charge in [-0.25, -0.2) is 0 Å². The van der Waals surface area contributed by atoms with Crippen molar-refractivity contribution < 1.29 is 19.4 Å². The summed E-state index contributed by atoms with van der Waals surface area (Å²) >= 11 is 0. The first kappa shape index (κ1) is 17.3. The van der Waals surface area contributed by atoms with Gasteiger partial charge in [0.1, 0.15) is 24.7 Å². The fourth-order valence-electron chi connectivity index (χ4n) is 3.66. The molecule has 27 heavy (non-hydrogen) atoms. The Morgan fingerprint density at radius 3 is 2.67 bits per heavy atom. The van der Waals surface area contributed by atoms with E-state index >= 15 is 0 Å². The molecule has 4 rings (SSSR count). The minimum atomic E-state index is -0.741. The SMILES string of the molecule is O=C(O)C[C@@H]1CCc2cc(OCCOc3ccc4ncccc4c3)ccc21. The van der Waals surface area contributed by atoms with Crippen molar-refractivity contribution in [1.82, 2.24) is 4.98 Å². The molecular formula is C22H21NO4. The molecule has 3 aromatic rings. The molecule has 1 atom stereocenters. The Kier molecular flexibility index (Phi) is 4.92. The number of hydrogen-bond acceptors (Lipinski definition) is 4. The van der Waals surface area contributed by atoms with E-state index in [0.29, 0.717) is 13.2 Å². The van der Waals surface area contributed by atoms with E-state index < -0.39 is 5.97 Å². The lowest BCUT2D eigenvalue weighted by Gasteiger charge is -2.11. The molecule has 5 nitrogen and oxygen atoms in total. The van der Waals surface area contributed by atoms with Crippen LogP contribution in [0.3, 0.4) is 0 Å². The van der Waals surface area contributed by atoms with E-state index in [9.17, 15) is 4.79 Å². The van der Waals surface area contributed by atoms with Crippen molar-refractivity contribution in [1.29, 1.82) is 0 Å². The summed E-state index contributed by atoms with van der Waals surface area (Å²) in [4.78, 5) is 15.2. The van der Waals surface area contributed by atoms with Gasteiger partial charge in [0.2, 0.25) is 0 Å². The molecule has 1 aliphatic rings. The van der Waals surface area contributed by atoms with Crippen molar-refractivity contribution in [2.45, 2.75) is 25.2 Å². The van der Waals surface area contributed by atoms with Gasteiger partial charge in [0, 0.05) is 11.6 Å². The number of carboxylic acids is 1. The first-order valence-corrected chi connectivity index (χ1v) is 9.14. The fourth-order valence-corrected chi connectivity index (χ4v) is 3.66. The standard InChI is InChI=1S/C22H21NO4/c24-22(25)14-16-4-3-15-12-18(5-7-20(15)16)26-10-11-27-19-6-8-21-17(13-19)2-1-9-23-21/h1-2,5-9,12-13,16H,3-4,10-11,14H2,(H,24,25)/t16-/m0/s1. The molecular weight excluding hydrogens is 342 g/mol. The molecule has 1 aliphatic carbocycles. The van der Waals surface area contributed by atoms with Crippen LogP contribution in [0.15, 0.2) is 54.7 Å². The van der Waals surface area contributed by atoms with Gasteiger partial charge in [-0.15, -0.1) is 0 Å². The molecule has 0 radical (unpaired) electrons. The number of fused-ring (bicyclic) bond motifs is 2. The number of carbonyl (C=O) groups is 1. The third-order valence-electron chi connectivity index (χ3n) is 4.93. The molecule has 0 aliphatic heterocycles. The van der Waals surface area contributed by atoms with Crippen LogP contribution >= 0.6 is 0 Å². The Labute approximate surface area is 157 Å². The van der Waals surface area contributed by atoms with E-state index in [1.54, 1.807) is 6.20 Å². The fraction of sp³-hybridized carbons (Fsp3) is 0.273. The molecule has 0 unspecified atom stereocenters. The largest absolute Gasteiger partial charge is 0.490 e.